The van der Waals surface area contributed by atoms with E-state index >= 15 is 0 Å². The van der Waals surface area contributed by atoms with Gasteiger partial charge in [-0.1, -0.05) is 0 Å². The molecule has 0 aliphatic carbocycles. The van der Waals surface area contributed by atoms with Crippen LogP contribution in [-0.4, -0.2) is 39.8 Å². The van der Waals surface area contributed by atoms with Gasteiger partial charge in [-0.05, 0) is 56.5 Å². The molecule has 0 unspecified atom stereocenters. The first-order valence-electron chi connectivity index (χ1n) is 10.1. The van der Waals surface area contributed by atoms with E-state index < -0.39 is 10.0 Å². The third kappa shape index (κ3) is 3.96. The molecule has 2 heterocycles. The fraction of sp³-hybridized carbons (Fsp3) is 0.409. The van der Waals surface area contributed by atoms with Crippen LogP contribution in [0.1, 0.15) is 41.8 Å². The molecule has 2 aliphatic heterocycles. The minimum Gasteiger partial charge on any atom is -0.492 e. The smallest absolute Gasteiger partial charge is 0.255 e. The van der Waals surface area contributed by atoms with E-state index in [0.717, 1.165) is 36.1 Å². The molecule has 0 fully saturated rings. The Balaban J connectivity index is 1.61. The van der Waals surface area contributed by atoms with E-state index in [-0.39, 0.29) is 12.0 Å². The second kappa shape index (κ2) is 7.83. The lowest BCUT2D eigenvalue weighted by molar-refractivity contribution is 0.102. The third-order valence-electron chi connectivity index (χ3n) is 5.36. The molecule has 1 atom stereocenters. The van der Waals surface area contributed by atoms with Crippen LogP contribution in [0, 0.1) is 0 Å². The van der Waals surface area contributed by atoms with Gasteiger partial charge in [-0.25, -0.2) is 8.42 Å². The summed E-state index contributed by atoms with van der Waals surface area (Å²) in [5.41, 5.74) is 3.61. The number of nitrogens with one attached hydrogen (secondary N) is 1. The van der Waals surface area contributed by atoms with Crippen molar-refractivity contribution < 1.29 is 22.7 Å². The monoisotopic (exact) mass is 430 g/mol. The fourth-order valence-electron chi connectivity index (χ4n) is 4.05. The Morgan fingerprint density at radius 2 is 2.07 bits per heavy atom. The van der Waals surface area contributed by atoms with Crippen molar-refractivity contribution in [3.63, 3.8) is 0 Å². The van der Waals surface area contributed by atoms with Crippen molar-refractivity contribution in [1.29, 1.82) is 0 Å². The first-order chi connectivity index (χ1) is 14.3. The minimum absolute atomic E-state index is 0.0962. The molecule has 0 radical (unpaired) electrons. The van der Waals surface area contributed by atoms with Crippen molar-refractivity contribution in [3.8, 4) is 11.5 Å². The summed E-state index contributed by atoms with van der Waals surface area (Å²) >= 11 is 0. The molecule has 4 rings (SSSR count). The van der Waals surface area contributed by atoms with E-state index in [1.54, 1.807) is 18.2 Å². The zero-order valence-electron chi connectivity index (χ0n) is 17.4. The molecule has 7 nitrogen and oxygen atoms in total. The molecule has 2 aromatic rings. The molecule has 160 valence electrons. The predicted molar refractivity (Wildman–Crippen MR) is 116 cm³/mol. The molecule has 2 aromatic carbocycles. The second-order valence-corrected chi connectivity index (χ2v) is 9.66. The number of ether oxygens (including phenoxy) is 2. The van der Waals surface area contributed by atoms with Crippen LogP contribution < -0.4 is 19.1 Å². The number of carbonyl (C=O) groups excluding carboxylic acids is 1. The molecule has 0 bridgehead atoms. The molecule has 1 N–H and O–H groups in total. The van der Waals surface area contributed by atoms with Crippen LogP contribution in [0.2, 0.25) is 0 Å². The van der Waals surface area contributed by atoms with E-state index in [0.29, 0.717) is 35.8 Å². The van der Waals surface area contributed by atoms with Gasteiger partial charge in [0.1, 0.15) is 17.6 Å². The molecular weight excluding hydrogens is 404 g/mol. The van der Waals surface area contributed by atoms with Gasteiger partial charge in [0.25, 0.3) is 5.91 Å². The molecule has 0 saturated heterocycles. The highest BCUT2D eigenvalue weighted by Crippen LogP contribution is 2.38. The number of anilines is 2. The van der Waals surface area contributed by atoms with Crippen molar-refractivity contribution in [2.24, 2.45) is 0 Å². The summed E-state index contributed by atoms with van der Waals surface area (Å²) in [4.78, 5) is 13.0. The van der Waals surface area contributed by atoms with E-state index in [1.807, 2.05) is 26.0 Å². The van der Waals surface area contributed by atoms with Crippen LogP contribution in [0.4, 0.5) is 11.4 Å². The van der Waals surface area contributed by atoms with Gasteiger partial charge in [0.2, 0.25) is 10.0 Å². The lowest BCUT2D eigenvalue weighted by Crippen LogP contribution is -2.34. The van der Waals surface area contributed by atoms with Gasteiger partial charge in [-0.3, -0.25) is 9.10 Å². The van der Waals surface area contributed by atoms with Gasteiger partial charge in [0.15, 0.2) is 0 Å². The number of fused-ring (bicyclic) bond motifs is 2. The van der Waals surface area contributed by atoms with E-state index in [9.17, 15) is 13.2 Å². The summed E-state index contributed by atoms with van der Waals surface area (Å²) in [6.45, 7) is 4.85. The second-order valence-electron chi connectivity index (χ2n) is 7.76. The highest BCUT2D eigenvalue weighted by Gasteiger charge is 2.26. The molecule has 1 amide bonds. The van der Waals surface area contributed by atoms with Gasteiger partial charge in [-0.2, -0.15) is 0 Å². The lowest BCUT2D eigenvalue weighted by atomic mass is 10.0. The number of carbonyl (C=O) groups is 1. The minimum atomic E-state index is -3.34. The predicted octanol–water partition coefficient (Wildman–Crippen LogP) is 3.37. The number of benzene rings is 2. The number of sulfonamides is 1. The van der Waals surface area contributed by atoms with Crippen molar-refractivity contribution in [2.45, 2.75) is 39.2 Å². The maximum atomic E-state index is 13.0. The largest absolute Gasteiger partial charge is 0.492 e. The zero-order valence-corrected chi connectivity index (χ0v) is 18.2. The normalized spacial score (nSPS) is 17.7. The molecule has 0 saturated carbocycles. The summed E-state index contributed by atoms with van der Waals surface area (Å²) < 4.78 is 37.0. The van der Waals surface area contributed by atoms with Crippen molar-refractivity contribution >= 4 is 27.3 Å². The first kappa shape index (κ1) is 20.5. The van der Waals surface area contributed by atoms with Crippen molar-refractivity contribution in [1.82, 2.24) is 0 Å². The Morgan fingerprint density at radius 1 is 1.27 bits per heavy atom. The molecule has 30 heavy (non-hydrogen) atoms. The maximum Gasteiger partial charge on any atom is 0.255 e. The van der Waals surface area contributed by atoms with Gasteiger partial charge in [0.05, 0.1) is 24.2 Å². The lowest BCUT2D eigenvalue weighted by Gasteiger charge is -2.29. The van der Waals surface area contributed by atoms with Crippen LogP contribution in [0.15, 0.2) is 30.3 Å². The van der Waals surface area contributed by atoms with E-state index in [1.165, 1.54) is 10.6 Å². The number of aryl methyl sites for hydroxylation is 1. The number of amides is 1. The van der Waals surface area contributed by atoms with E-state index in [4.69, 9.17) is 9.47 Å². The Bertz CT molecular complexity index is 1100. The Hall–Kier alpha value is -2.74. The van der Waals surface area contributed by atoms with Gasteiger partial charge < -0.3 is 14.8 Å². The van der Waals surface area contributed by atoms with Crippen LogP contribution in [0.5, 0.6) is 11.5 Å². The molecule has 8 heteroatoms. The number of hydrogen-bond donors (Lipinski definition) is 1. The topological polar surface area (TPSA) is 84.9 Å². The number of hydrogen-bond acceptors (Lipinski definition) is 5. The average Bonchev–Trinajstić information content (AvgIpc) is 3.05. The molecule has 0 aromatic heterocycles. The average molecular weight is 431 g/mol. The highest BCUT2D eigenvalue weighted by atomic mass is 32.2. The Morgan fingerprint density at radius 3 is 2.80 bits per heavy atom. The summed E-state index contributed by atoms with van der Waals surface area (Å²) in [5.74, 6) is 1.10. The summed E-state index contributed by atoms with van der Waals surface area (Å²) in [5, 5.41) is 2.93. The number of nitrogens with zero attached hydrogens (tertiary/aromatic N) is 1. The zero-order chi connectivity index (χ0) is 21.5. The van der Waals surface area contributed by atoms with Crippen molar-refractivity contribution in [2.75, 3.05) is 29.0 Å². The SMILES string of the molecule is CCOc1cc2c(cc1NC(=O)c1ccc3c(c1)CCCN3S(C)(=O)=O)O[C@H](C)C2. The van der Waals surface area contributed by atoms with Crippen LogP contribution in [0.25, 0.3) is 0 Å². The molecular formula is C22H26N2O5S. The highest BCUT2D eigenvalue weighted by molar-refractivity contribution is 7.92. The molecule has 0 spiro atoms. The van der Waals surface area contributed by atoms with Gasteiger partial charge >= 0.3 is 0 Å². The van der Waals surface area contributed by atoms with E-state index in [2.05, 4.69) is 5.32 Å². The van der Waals surface area contributed by atoms with Crippen molar-refractivity contribution in [3.05, 3.63) is 47.0 Å². The fourth-order valence-corrected chi connectivity index (χ4v) is 5.05. The third-order valence-corrected chi connectivity index (χ3v) is 6.54. The maximum absolute atomic E-state index is 13.0. The summed E-state index contributed by atoms with van der Waals surface area (Å²) in [6, 6.07) is 8.87. The Labute approximate surface area is 177 Å². The Kier molecular flexibility index (Phi) is 5.36. The summed E-state index contributed by atoms with van der Waals surface area (Å²) in [7, 11) is -3.34. The first-order valence-corrected chi connectivity index (χ1v) is 12.0. The standard InChI is InChI=1S/C22H26N2O5S/c1-4-28-21-12-17-10-14(2)29-20(17)13-18(21)23-22(25)16-7-8-19-15(11-16)6-5-9-24(19)30(3,26)27/h7-8,11-14H,4-6,9-10H2,1-3H3,(H,23,25)/t14-/m1/s1. The summed E-state index contributed by atoms with van der Waals surface area (Å²) in [6.07, 6.45) is 3.57. The number of rotatable bonds is 5. The van der Waals surface area contributed by atoms with Crippen LogP contribution in [-0.2, 0) is 22.9 Å². The van der Waals surface area contributed by atoms with Gasteiger partial charge in [-0.15, -0.1) is 0 Å². The van der Waals surface area contributed by atoms with Crippen LogP contribution in [0.3, 0.4) is 0 Å². The quantitative estimate of drug-likeness (QED) is 0.786. The van der Waals surface area contributed by atoms with Gasteiger partial charge in [0, 0.05) is 30.2 Å². The molecule has 2 aliphatic rings. The van der Waals surface area contributed by atoms with Crippen LogP contribution >= 0.6 is 0 Å².